The molecule has 0 spiro atoms. The first-order valence-corrected chi connectivity index (χ1v) is 9.59. The second-order valence-electron chi connectivity index (χ2n) is 4.75. The summed E-state index contributed by atoms with van der Waals surface area (Å²) in [6.45, 7) is -0.282. The predicted molar refractivity (Wildman–Crippen MR) is 96.7 cm³/mol. The first-order valence-electron chi connectivity index (χ1n) is 6.57. The van der Waals surface area contributed by atoms with E-state index in [4.69, 9.17) is 0 Å². The number of para-hydroxylation sites is 1. The number of anilines is 1. The highest BCUT2D eigenvalue weighted by atomic mass is 79.9. The summed E-state index contributed by atoms with van der Waals surface area (Å²) in [5.41, 5.74) is 0.618. The van der Waals surface area contributed by atoms with Gasteiger partial charge in [-0.25, -0.2) is 8.42 Å². The molecular formula is C15H14Br2N2O3S. The molecule has 0 aliphatic heterocycles. The zero-order valence-electron chi connectivity index (χ0n) is 12.2. The molecule has 0 aromatic heterocycles. The third-order valence-corrected chi connectivity index (χ3v) is 6.30. The Morgan fingerprint density at radius 2 is 1.78 bits per heavy atom. The van der Waals surface area contributed by atoms with Crippen molar-refractivity contribution < 1.29 is 13.2 Å². The summed E-state index contributed by atoms with van der Waals surface area (Å²) in [4.78, 5) is 12.1. The molecule has 0 bridgehead atoms. The van der Waals surface area contributed by atoms with Gasteiger partial charge in [0.1, 0.15) is 0 Å². The summed E-state index contributed by atoms with van der Waals surface area (Å²) in [5, 5.41) is 2.66. The summed E-state index contributed by atoms with van der Waals surface area (Å²) in [6.07, 6.45) is 0. The molecule has 0 saturated heterocycles. The lowest BCUT2D eigenvalue weighted by Gasteiger charge is -2.18. The summed E-state index contributed by atoms with van der Waals surface area (Å²) in [5.74, 6) is -0.409. The standard InChI is InChI=1S/C15H14Br2N2O3S/c1-19(10-15(20)18-12-5-3-2-4-6-12)23(21,22)14-9-11(16)7-8-13(14)17/h2-9H,10H2,1H3,(H,18,20). The summed E-state index contributed by atoms with van der Waals surface area (Å²) >= 11 is 6.48. The van der Waals surface area contributed by atoms with Gasteiger partial charge in [-0.1, -0.05) is 34.1 Å². The summed E-state index contributed by atoms with van der Waals surface area (Å²) in [7, 11) is -2.42. The molecule has 0 fully saturated rings. The average molecular weight is 462 g/mol. The van der Waals surface area contributed by atoms with Crippen LogP contribution >= 0.6 is 31.9 Å². The van der Waals surface area contributed by atoms with E-state index in [1.165, 1.54) is 13.1 Å². The predicted octanol–water partition coefficient (Wildman–Crippen LogP) is 3.47. The van der Waals surface area contributed by atoms with E-state index in [1.807, 2.05) is 6.07 Å². The van der Waals surface area contributed by atoms with E-state index >= 15 is 0 Å². The van der Waals surface area contributed by atoms with E-state index in [0.29, 0.717) is 14.6 Å². The summed E-state index contributed by atoms with van der Waals surface area (Å²) < 4.78 is 27.3. The second kappa shape index (κ2) is 7.57. The number of benzene rings is 2. The number of hydrogen-bond donors (Lipinski definition) is 1. The molecule has 1 N–H and O–H groups in total. The topological polar surface area (TPSA) is 66.5 Å². The van der Waals surface area contributed by atoms with Crippen molar-refractivity contribution in [3.63, 3.8) is 0 Å². The maximum Gasteiger partial charge on any atom is 0.244 e. The van der Waals surface area contributed by atoms with Crippen LogP contribution in [-0.2, 0) is 14.8 Å². The quantitative estimate of drug-likeness (QED) is 0.741. The lowest BCUT2D eigenvalue weighted by molar-refractivity contribution is -0.116. The van der Waals surface area contributed by atoms with Crippen LogP contribution in [0.2, 0.25) is 0 Å². The Morgan fingerprint density at radius 1 is 1.13 bits per heavy atom. The van der Waals surface area contributed by atoms with Crippen LogP contribution < -0.4 is 5.32 Å². The highest BCUT2D eigenvalue weighted by molar-refractivity contribution is 9.11. The maximum absolute atomic E-state index is 12.6. The van der Waals surface area contributed by atoms with Crippen LogP contribution in [0.5, 0.6) is 0 Å². The molecule has 8 heteroatoms. The molecule has 2 aromatic carbocycles. The van der Waals surface area contributed by atoms with Crippen molar-refractivity contribution in [3.8, 4) is 0 Å². The van der Waals surface area contributed by atoms with Gasteiger partial charge in [0.25, 0.3) is 0 Å². The minimum atomic E-state index is -3.78. The number of sulfonamides is 1. The van der Waals surface area contributed by atoms with Gasteiger partial charge in [0, 0.05) is 21.7 Å². The molecule has 5 nitrogen and oxygen atoms in total. The fourth-order valence-corrected chi connectivity index (χ4v) is 4.44. The van der Waals surface area contributed by atoms with E-state index in [0.717, 1.165) is 4.31 Å². The van der Waals surface area contributed by atoms with E-state index in [2.05, 4.69) is 37.2 Å². The molecule has 2 rings (SSSR count). The van der Waals surface area contributed by atoms with Crippen molar-refractivity contribution in [3.05, 3.63) is 57.5 Å². The lowest BCUT2D eigenvalue weighted by atomic mass is 10.3. The van der Waals surface area contributed by atoms with Gasteiger partial charge in [-0.05, 0) is 46.3 Å². The van der Waals surface area contributed by atoms with E-state index in [-0.39, 0.29) is 11.4 Å². The Kier molecular flexibility index (Phi) is 5.96. The SMILES string of the molecule is CN(CC(=O)Nc1ccccc1)S(=O)(=O)c1cc(Br)ccc1Br. The van der Waals surface area contributed by atoms with Crippen LogP contribution in [0, 0.1) is 0 Å². The van der Waals surface area contributed by atoms with Crippen molar-refractivity contribution in [1.82, 2.24) is 4.31 Å². The Morgan fingerprint density at radius 3 is 2.43 bits per heavy atom. The molecule has 122 valence electrons. The van der Waals surface area contributed by atoms with Crippen LogP contribution in [0.15, 0.2) is 62.4 Å². The molecule has 0 atom stereocenters. The zero-order chi connectivity index (χ0) is 17.0. The number of nitrogens with one attached hydrogen (secondary N) is 1. The number of carbonyl (C=O) groups is 1. The zero-order valence-corrected chi connectivity index (χ0v) is 16.2. The van der Waals surface area contributed by atoms with Gasteiger partial charge in [0.15, 0.2) is 0 Å². The number of rotatable bonds is 5. The number of carbonyl (C=O) groups excluding carboxylic acids is 1. The van der Waals surface area contributed by atoms with Gasteiger partial charge < -0.3 is 5.32 Å². The van der Waals surface area contributed by atoms with Crippen LogP contribution in [0.25, 0.3) is 0 Å². The van der Waals surface area contributed by atoms with Gasteiger partial charge in [-0.3, -0.25) is 4.79 Å². The molecule has 23 heavy (non-hydrogen) atoms. The summed E-state index contributed by atoms with van der Waals surface area (Å²) in [6, 6.07) is 13.7. The lowest BCUT2D eigenvalue weighted by Crippen LogP contribution is -2.35. The van der Waals surface area contributed by atoms with Crippen molar-refractivity contribution in [2.75, 3.05) is 18.9 Å². The van der Waals surface area contributed by atoms with Crippen LogP contribution in [0.1, 0.15) is 0 Å². The number of likely N-dealkylation sites (N-methyl/N-ethyl adjacent to an activating group) is 1. The maximum atomic E-state index is 12.6. The Labute approximate surface area is 152 Å². The molecule has 0 saturated carbocycles. The molecule has 0 aliphatic carbocycles. The average Bonchev–Trinajstić information content (AvgIpc) is 2.50. The van der Waals surface area contributed by atoms with Crippen LogP contribution in [-0.4, -0.2) is 32.2 Å². The molecule has 1 amide bonds. The van der Waals surface area contributed by atoms with E-state index in [9.17, 15) is 13.2 Å². The van der Waals surface area contributed by atoms with E-state index < -0.39 is 15.9 Å². The second-order valence-corrected chi connectivity index (χ2v) is 8.53. The Balaban J connectivity index is 2.14. The first-order chi connectivity index (χ1) is 10.8. The number of nitrogens with zero attached hydrogens (tertiary/aromatic N) is 1. The normalized spacial score (nSPS) is 11.5. The molecule has 0 radical (unpaired) electrons. The van der Waals surface area contributed by atoms with Gasteiger partial charge in [0.05, 0.1) is 11.4 Å². The van der Waals surface area contributed by atoms with Gasteiger partial charge in [0.2, 0.25) is 15.9 Å². The van der Waals surface area contributed by atoms with Crippen molar-refractivity contribution in [1.29, 1.82) is 0 Å². The van der Waals surface area contributed by atoms with E-state index in [1.54, 1.807) is 36.4 Å². The largest absolute Gasteiger partial charge is 0.325 e. The molecule has 0 heterocycles. The Bertz CT molecular complexity index is 811. The van der Waals surface area contributed by atoms with Crippen molar-refractivity contribution >= 4 is 53.5 Å². The minimum absolute atomic E-state index is 0.0990. The van der Waals surface area contributed by atoms with Gasteiger partial charge in [-0.15, -0.1) is 0 Å². The smallest absolute Gasteiger partial charge is 0.244 e. The van der Waals surface area contributed by atoms with Crippen molar-refractivity contribution in [2.24, 2.45) is 0 Å². The monoisotopic (exact) mass is 460 g/mol. The van der Waals surface area contributed by atoms with Gasteiger partial charge >= 0.3 is 0 Å². The highest BCUT2D eigenvalue weighted by Gasteiger charge is 2.25. The highest BCUT2D eigenvalue weighted by Crippen LogP contribution is 2.27. The first kappa shape index (κ1) is 18.1. The third-order valence-electron chi connectivity index (χ3n) is 3.01. The number of hydrogen-bond acceptors (Lipinski definition) is 3. The molecule has 2 aromatic rings. The van der Waals surface area contributed by atoms with Gasteiger partial charge in [-0.2, -0.15) is 4.31 Å². The fourth-order valence-electron chi connectivity index (χ4n) is 1.85. The number of halogens is 2. The van der Waals surface area contributed by atoms with Crippen molar-refractivity contribution in [2.45, 2.75) is 4.90 Å². The third kappa shape index (κ3) is 4.63. The number of amides is 1. The Hall–Kier alpha value is -1.22. The molecule has 0 unspecified atom stereocenters. The molecular weight excluding hydrogens is 448 g/mol. The van der Waals surface area contributed by atoms with Crippen LogP contribution in [0.4, 0.5) is 5.69 Å². The fraction of sp³-hybridized carbons (Fsp3) is 0.133. The molecule has 0 aliphatic rings. The minimum Gasteiger partial charge on any atom is -0.325 e. The van der Waals surface area contributed by atoms with Crippen LogP contribution in [0.3, 0.4) is 0 Å².